The number of rotatable bonds is 7. The van der Waals surface area contributed by atoms with E-state index < -0.39 is 0 Å². The summed E-state index contributed by atoms with van der Waals surface area (Å²) < 4.78 is 15.9. The third kappa shape index (κ3) is 4.17. The molecule has 0 saturated carbocycles. The summed E-state index contributed by atoms with van der Waals surface area (Å²) in [5.41, 5.74) is 4.58. The molecule has 0 spiro atoms. The van der Waals surface area contributed by atoms with Crippen LogP contribution in [-0.2, 0) is 12.8 Å². The quantitative estimate of drug-likeness (QED) is 0.650. The number of phenols is 1. The van der Waals surface area contributed by atoms with E-state index in [2.05, 4.69) is 18.2 Å². The number of aryl methyl sites for hydroxylation is 2. The highest BCUT2D eigenvalue weighted by Crippen LogP contribution is 2.34. The van der Waals surface area contributed by atoms with Gasteiger partial charge in [0.1, 0.15) is 0 Å². The molecule has 3 aromatic rings. The van der Waals surface area contributed by atoms with Crippen molar-refractivity contribution in [1.82, 2.24) is 0 Å². The number of ether oxygens (including phenoxy) is 3. The molecule has 27 heavy (non-hydrogen) atoms. The van der Waals surface area contributed by atoms with Crippen LogP contribution in [0.15, 0.2) is 60.7 Å². The van der Waals surface area contributed by atoms with Crippen LogP contribution in [0.1, 0.15) is 11.1 Å². The maximum atomic E-state index is 9.85. The minimum absolute atomic E-state index is 0.143. The number of aromatic hydroxyl groups is 1. The van der Waals surface area contributed by atoms with Crippen molar-refractivity contribution in [2.24, 2.45) is 0 Å². The van der Waals surface area contributed by atoms with Crippen LogP contribution >= 0.6 is 0 Å². The highest BCUT2D eigenvalue weighted by molar-refractivity contribution is 5.70. The molecule has 0 amide bonds. The molecule has 0 atom stereocenters. The maximum absolute atomic E-state index is 9.85. The lowest BCUT2D eigenvalue weighted by Crippen LogP contribution is -1.97. The molecule has 0 bridgehead atoms. The molecule has 0 saturated heterocycles. The largest absolute Gasteiger partial charge is 0.504 e. The second-order valence-corrected chi connectivity index (χ2v) is 6.23. The Balaban J connectivity index is 1.85. The number of phenolic OH excluding ortho intramolecular Hbond substituents is 1. The fraction of sp³-hybridized carbons (Fsp3) is 0.217. The molecule has 0 heterocycles. The molecule has 3 aromatic carbocycles. The van der Waals surface area contributed by atoms with Gasteiger partial charge in [-0.3, -0.25) is 0 Å². The summed E-state index contributed by atoms with van der Waals surface area (Å²) in [7, 11) is 4.84. The van der Waals surface area contributed by atoms with Gasteiger partial charge < -0.3 is 19.3 Å². The van der Waals surface area contributed by atoms with E-state index in [4.69, 9.17) is 14.2 Å². The maximum Gasteiger partial charge on any atom is 0.161 e. The normalized spacial score (nSPS) is 10.5. The molecule has 1 N–H and O–H groups in total. The Morgan fingerprint density at radius 2 is 1.44 bits per heavy atom. The Morgan fingerprint density at radius 3 is 2.19 bits per heavy atom. The lowest BCUT2D eigenvalue weighted by Gasteiger charge is -2.13. The topological polar surface area (TPSA) is 47.9 Å². The summed E-state index contributed by atoms with van der Waals surface area (Å²) in [6.45, 7) is 0. The van der Waals surface area contributed by atoms with E-state index in [0.717, 1.165) is 35.5 Å². The molecule has 0 unspecified atom stereocenters. The lowest BCUT2D eigenvalue weighted by molar-refractivity contribution is 0.354. The van der Waals surface area contributed by atoms with Gasteiger partial charge in [-0.2, -0.15) is 0 Å². The smallest absolute Gasteiger partial charge is 0.161 e. The van der Waals surface area contributed by atoms with E-state index in [-0.39, 0.29) is 5.75 Å². The highest BCUT2D eigenvalue weighted by atomic mass is 16.5. The monoisotopic (exact) mass is 364 g/mol. The molecule has 3 rings (SSSR count). The number of methoxy groups -OCH3 is 3. The van der Waals surface area contributed by atoms with Gasteiger partial charge in [-0.05, 0) is 59.4 Å². The summed E-state index contributed by atoms with van der Waals surface area (Å²) in [6.07, 6.45) is 1.77. The third-order valence-electron chi connectivity index (χ3n) is 4.64. The number of hydrogen-bond donors (Lipinski definition) is 1. The zero-order valence-corrected chi connectivity index (χ0v) is 15.9. The van der Waals surface area contributed by atoms with Gasteiger partial charge >= 0.3 is 0 Å². The Kier molecular flexibility index (Phi) is 5.87. The Bertz CT molecular complexity index is 918. The molecule has 0 radical (unpaired) electrons. The molecule has 0 aliphatic rings. The molecule has 0 aromatic heterocycles. The van der Waals surface area contributed by atoms with Crippen molar-refractivity contribution in [2.45, 2.75) is 12.8 Å². The average Bonchev–Trinajstić information content (AvgIpc) is 2.72. The summed E-state index contributed by atoms with van der Waals surface area (Å²) in [5.74, 6) is 2.09. The van der Waals surface area contributed by atoms with Crippen LogP contribution in [0.4, 0.5) is 0 Å². The van der Waals surface area contributed by atoms with Gasteiger partial charge in [0.15, 0.2) is 23.0 Å². The van der Waals surface area contributed by atoms with Crippen molar-refractivity contribution in [3.05, 3.63) is 71.8 Å². The molecule has 4 heteroatoms. The molecule has 0 fully saturated rings. The van der Waals surface area contributed by atoms with Gasteiger partial charge in [0.2, 0.25) is 0 Å². The molecule has 4 nitrogen and oxygen atoms in total. The van der Waals surface area contributed by atoms with Crippen molar-refractivity contribution in [2.75, 3.05) is 21.3 Å². The van der Waals surface area contributed by atoms with E-state index in [1.54, 1.807) is 27.4 Å². The summed E-state index contributed by atoms with van der Waals surface area (Å²) in [4.78, 5) is 0. The minimum Gasteiger partial charge on any atom is -0.504 e. The predicted molar refractivity (Wildman–Crippen MR) is 107 cm³/mol. The van der Waals surface area contributed by atoms with Crippen molar-refractivity contribution < 1.29 is 19.3 Å². The molecular weight excluding hydrogens is 340 g/mol. The third-order valence-corrected chi connectivity index (χ3v) is 4.64. The molecule has 0 aliphatic heterocycles. The summed E-state index contributed by atoms with van der Waals surface area (Å²) in [6, 6.07) is 19.8. The van der Waals surface area contributed by atoms with E-state index >= 15 is 0 Å². The van der Waals surface area contributed by atoms with Crippen molar-refractivity contribution >= 4 is 0 Å². The van der Waals surface area contributed by atoms with E-state index in [0.29, 0.717) is 5.75 Å². The van der Waals surface area contributed by atoms with Crippen LogP contribution in [0.5, 0.6) is 23.0 Å². The van der Waals surface area contributed by atoms with Crippen LogP contribution in [0.3, 0.4) is 0 Å². The van der Waals surface area contributed by atoms with E-state index in [1.165, 1.54) is 11.1 Å². The number of hydrogen-bond acceptors (Lipinski definition) is 4. The van der Waals surface area contributed by atoms with Crippen molar-refractivity contribution in [3.8, 4) is 34.1 Å². The van der Waals surface area contributed by atoms with Crippen molar-refractivity contribution in [1.29, 1.82) is 0 Å². The van der Waals surface area contributed by atoms with Gasteiger partial charge in [-0.15, -0.1) is 0 Å². The van der Waals surface area contributed by atoms with Gasteiger partial charge in [0.25, 0.3) is 0 Å². The first-order chi connectivity index (χ1) is 13.2. The predicted octanol–water partition coefficient (Wildman–Crippen LogP) is 4.87. The summed E-state index contributed by atoms with van der Waals surface area (Å²) in [5, 5.41) is 9.85. The average molecular weight is 364 g/mol. The number of benzene rings is 3. The standard InChI is InChI=1S/C23H24O4/c1-25-21-13-9-16(14-23(21)27-3)8-10-17-6-4-5-7-19(17)18-11-12-20(24)22(15-18)26-2/h4-7,9,11-15,24H,8,10H2,1-3H3. The Labute approximate surface area is 160 Å². The van der Waals surface area contributed by atoms with Crippen LogP contribution in [0.2, 0.25) is 0 Å². The second-order valence-electron chi connectivity index (χ2n) is 6.23. The highest BCUT2D eigenvalue weighted by Gasteiger charge is 2.10. The van der Waals surface area contributed by atoms with Gasteiger partial charge in [-0.1, -0.05) is 36.4 Å². The molecule has 0 aliphatic carbocycles. The Hall–Kier alpha value is -3.14. The van der Waals surface area contributed by atoms with Crippen LogP contribution < -0.4 is 14.2 Å². The SMILES string of the molecule is COc1cc(-c2ccccc2CCc2ccc(OC)c(OC)c2)ccc1O. The fourth-order valence-electron chi connectivity index (χ4n) is 3.18. The first-order valence-corrected chi connectivity index (χ1v) is 8.82. The van der Waals surface area contributed by atoms with E-state index in [9.17, 15) is 5.11 Å². The molecular formula is C23H24O4. The van der Waals surface area contributed by atoms with Crippen molar-refractivity contribution in [3.63, 3.8) is 0 Å². The minimum atomic E-state index is 0.143. The van der Waals surface area contributed by atoms with Crippen LogP contribution in [0.25, 0.3) is 11.1 Å². The van der Waals surface area contributed by atoms with Gasteiger partial charge in [-0.25, -0.2) is 0 Å². The fourth-order valence-corrected chi connectivity index (χ4v) is 3.18. The molecule has 140 valence electrons. The van der Waals surface area contributed by atoms with Gasteiger partial charge in [0, 0.05) is 0 Å². The van der Waals surface area contributed by atoms with E-state index in [1.807, 2.05) is 36.4 Å². The lowest BCUT2D eigenvalue weighted by atomic mass is 9.95. The van der Waals surface area contributed by atoms with Crippen LogP contribution in [0, 0.1) is 0 Å². The second kappa shape index (κ2) is 8.49. The first kappa shape index (κ1) is 18.6. The zero-order valence-electron chi connectivity index (χ0n) is 15.9. The first-order valence-electron chi connectivity index (χ1n) is 8.82. The summed E-state index contributed by atoms with van der Waals surface area (Å²) >= 11 is 0. The van der Waals surface area contributed by atoms with Gasteiger partial charge in [0.05, 0.1) is 21.3 Å². The van der Waals surface area contributed by atoms with Crippen LogP contribution in [-0.4, -0.2) is 26.4 Å². The zero-order chi connectivity index (χ0) is 19.2. The Morgan fingerprint density at radius 1 is 0.704 bits per heavy atom.